The van der Waals surface area contributed by atoms with Gasteiger partial charge in [-0.3, -0.25) is 9.78 Å². The Bertz CT molecular complexity index is 1080. The van der Waals surface area contributed by atoms with Gasteiger partial charge in [0, 0.05) is 24.0 Å². The number of nitrogens with zero attached hydrogens (tertiary/aromatic N) is 3. The maximum Gasteiger partial charge on any atom is 0.348 e. The second-order valence-electron chi connectivity index (χ2n) is 7.19. The summed E-state index contributed by atoms with van der Waals surface area (Å²) in [7, 11) is 0. The van der Waals surface area contributed by atoms with E-state index in [9.17, 15) is 14.0 Å². The van der Waals surface area contributed by atoms with Crippen LogP contribution in [-0.4, -0.2) is 38.7 Å². The number of H-pyrrole nitrogens is 1. The standard InChI is InChI=1S/C21H20ClFN4O2/c22-16-5-1-3-14(11-16)12-19(28)26-10-2-4-15(13-26)20-24-21(29)27(25-20)18-8-6-17(23)7-9-18/h1,3,5-9,11,15H,2,4,10,12-13H2,(H,24,25,29). The summed E-state index contributed by atoms with van der Waals surface area (Å²) in [4.78, 5) is 29.6. The fourth-order valence-electron chi connectivity index (χ4n) is 3.64. The van der Waals surface area contributed by atoms with Crippen molar-refractivity contribution < 1.29 is 9.18 Å². The van der Waals surface area contributed by atoms with Crippen molar-refractivity contribution >= 4 is 17.5 Å². The van der Waals surface area contributed by atoms with Gasteiger partial charge in [0.05, 0.1) is 12.1 Å². The minimum Gasteiger partial charge on any atom is -0.342 e. The maximum atomic E-state index is 13.1. The van der Waals surface area contributed by atoms with Crippen LogP contribution in [0.3, 0.4) is 0 Å². The van der Waals surface area contributed by atoms with E-state index in [0.717, 1.165) is 18.4 Å². The van der Waals surface area contributed by atoms with Gasteiger partial charge in [0.25, 0.3) is 0 Å². The number of carbonyl (C=O) groups is 1. The summed E-state index contributed by atoms with van der Waals surface area (Å²) in [6, 6.07) is 12.9. The molecule has 1 saturated heterocycles. The molecule has 29 heavy (non-hydrogen) atoms. The molecule has 0 radical (unpaired) electrons. The topological polar surface area (TPSA) is 71.0 Å². The van der Waals surface area contributed by atoms with Crippen molar-refractivity contribution in [3.63, 3.8) is 0 Å². The molecule has 1 amide bonds. The van der Waals surface area contributed by atoms with E-state index in [2.05, 4.69) is 10.1 Å². The molecule has 0 spiro atoms. The fraction of sp³-hybridized carbons (Fsp3) is 0.286. The van der Waals surface area contributed by atoms with Gasteiger partial charge in [-0.1, -0.05) is 23.7 Å². The monoisotopic (exact) mass is 414 g/mol. The minimum absolute atomic E-state index is 0.0253. The maximum absolute atomic E-state index is 13.1. The van der Waals surface area contributed by atoms with E-state index in [1.165, 1.54) is 28.9 Å². The number of likely N-dealkylation sites (tertiary alicyclic amines) is 1. The van der Waals surface area contributed by atoms with Crippen molar-refractivity contribution in [1.82, 2.24) is 19.7 Å². The third kappa shape index (κ3) is 4.40. The SMILES string of the molecule is O=C(Cc1cccc(Cl)c1)N1CCCC(c2nn(-c3ccc(F)cc3)c(=O)[nH]2)C1. The molecular formula is C21H20ClFN4O2. The number of carbonyl (C=O) groups excluding carboxylic acids is 1. The van der Waals surface area contributed by atoms with E-state index in [1.807, 2.05) is 17.0 Å². The van der Waals surface area contributed by atoms with Crippen LogP contribution in [0.25, 0.3) is 5.69 Å². The summed E-state index contributed by atoms with van der Waals surface area (Å²) < 4.78 is 14.4. The number of hydrogen-bond donors (Lipinski definition) is 1. The molecular weight excluding hydrogens is 395 g/mol. The van der Waals surface area contributed by atoms with Crippen LogP contribution >= 0.6 is 11.6 Å². The summed E-state index contributed by atoms with van der Waals surface area (Å²) >= 11 is 6.00. The van der Waals surface area contributed by atoms with Gasteiger partial charge in [0.1, 0.15) is 11.6 Å². The molecule has 1 N–H and O–H groups in total. The van der Waals surface area contributed by atoms with Gasteiger partial charge in [-0.25, -0.2) is 9.18 Å². The van der Waals surface area contributed by atoms with Crippen LogP contribution in [0.4, 0.5) is 4.39 Å². The molecule has 4 rings (SSSR count). The van der Waals surface area contributed by atoms with Gasteiger partial charge in [-0.05, 0) is 54.8 Å². The largest absolute Gasteiger partial charge is 0.348 e. The highest BCUT2D eigenvalue weighted by Crippen LogP contribution is 2.25. The Morgan fingerprint density at radius 3 is 2.79 bits per heavy atom. The van der Waals surface area contributed by atoms with E-state index in [0.29, 0.717) is 29.6 Å². The Kier molecular flexibility index (Phi) is 5.49. The van der Waals surface area contributed by atoms with Crippen LogP contribution in [0, 0.1) is 5.82 Å². The average molecular weight is 415 g/mol. The molecule has 1 aromatic heterocycles. The Morgan fingerprint density at radius 2 is 2.03 bits per heavy atom. The van der Waals surface area contributed by atoms with Gasteiger partial charge in [-0.15, -0.1) is 5.10 Å². The molecule has 2 heterocycles. The molecule has 2 aromatic carbocycles. The van der Waals surface area contributed by atoms with Crippen LogP contribution in [0.15, 0.2) is 53.3 Å². The van der Waals surface area contributed by atoms with Crippen LogP contribution in [0.2, 0.25) is 5.02 Å². The lowest BCUT2D eigenvalue weighted by Crippen LogP contribution is -2.40. The number of benzene rings is 2. The quantitative estimate of drug-likeness (QED) is 0.712. The number of aromatic nitrogens is 3. The number of rotatable bonds is 4. The molecule has 1 fully saturated rings. The highest BCUT2D eigenvalue weighted by atomic mass is 35.5. The third-order valence-electron chi connectivity index (χ3n) is 5.11. The Labute approximate surface area is 171 Å². The average Bonchev–Trinajstić information content (AvgIpc) is 3.10. The second-order valence-corrected chi connectivity index (χ2v) is 7.63. The van der Waals surface area contributed by atoms with Crippen molar-refractivity contribution in [3.05, 3.63) is 81.2 Å². The van der Waals surface area contributed by atoms with Gasteiger partial charge < -0.3 is 4.90 Å². The van der Waals surface area contributed by atoms with Crippen molar-refractivity contribution in [2.75, 3.05) is 13.1 Å². The lowest BCUT2D eigenvalue weighted by atomic mass is 9.97. The van der Waals surface area contributed by atoms with Crippen LogP contribution in [0.1, 0.15) is 30.1 Å². The first-order valence-corrected chi connectivity index (χ1v) is 9.85. The minimum atomic E-state index is -0.381. The van der Waals surface area contributed by atoms with E-state index in [4.69, 9.17) is 11.6 Å². The van der Waals surface area contributed by atoms with Crippen LogP contribution in [0.5, 0.6) is 0 Å². The van der Waals surface area contributed by atoms with Crippen LogP contribution < -0.4 is 5.69 Å². The molecule has 0 aliphatic carbocycles. The molecule has 1 unspecified atom stereocenters. The van der Waals surface area contributed by atoms with Gasteiger partial charge in [0.15, 0.2) is 0 Å². The summed E-state index contributed by atoms with van der Waals surface area (Å²) in [6.07, 6.45) is 1.95. The molecule has 8 heteroatoms. The third-order valence-corrected chi connectivity index (χ3v) is 5.35. The van der Waals surface area contributed by atoms with Crippen molar-refractivity contribution in [2.45, 2.75) is 25.2 Å². The summed E-state index contributed by atoms with van der Waals surface area (Å²) in [5.41, 5.74) is 0.983. The van der Waals surface area contributed by atoms with E-state index < -0.39 is 0 Å². The van der Waals surface area contributed by atoms with Crippen LogP contribution in [-0.2, 0) is 11.2 Å². The zero-order chi connectivity index (χ0) is 20.4. The molecule has 6 nitrogen and oxygen atoms in total. The lowest BCUT2D eigenvalue weighted by molar-refractivity contribution is -0.131. The number of nitrogens with one attached hydrogen (secondary N) is 1. The summed E-state index contributed by atoms with van der Waals surface area (Å²) in [6.45, 7) is 1.18. The molecule has 0 bridgehead atoms. The zero-order valence-electron chi connectivity index (χ0n) is 15.6. The van der Waals surface area contributed by atoms with E-state index >= 15 is 0 Å². The van der Waals surface area contributed by atoms with Crippen molar-refractivity contribution in [1.29, 1.82) is 0 Å². The number of halogens is 2. The predicted molar refractivity (Wildman–Crippen MR) is 108 cm³/mol. The summed E-state index contributed by atoms with van der Waals surface area (Å²) in [5.74, 6) is 0.136. The highest BCUT2D eigenvalue weighted by Gasteiger charge is 2.27. The second kappa shape index (κ2) is 8.21. The number of piperidine rings is 1. The molecule has 0 saturated carbocycles. The first-order chi connectivity index (χ1) is 14.0. The van der Waals surface area contributed by atoms with Gasteiger partial charge in [0.2, 0.25) is 5.91 Å². The fourth-order valence-corrected chi connectivity index (χ4v) is 3.85. The van der Waals surface area contributed by atoms with Gasteiger partial charge in [-0.2, -0.15) is 4.68 Å². The Balaban J connectivity index is 1.48. The Morgan fingerprint density at radius 1 is 1.24 bits per heavy atom. The number of hydrogen-bond acceptors (Lipinski definition) is 3. The van der Waals surface area contributed by atoms with E-state index in [1.54, 1.807) is 12.1 Å². The predicted octanol–water partition coefficient (Wildman–Crippen LogP) is 3.30. The smallest absolute Gasteiger partial charge is 0.342 e. The first kappa shape index (κ1) is 19.4. The normalized spacial score (nSPS) is 16.8. The zero-order valence-corrected chi connectivity index (χ0v) is 16.4. The molecule has 3 aromatic rings. The van der Waals surface area contributed by atoms with E-state index in [-0.39, 0.29) is 29.8 Å². The number of amides is 1. The van der Waals surface area contributed by atoms with Crippen molar-refractivity contribution in [2.24, 2.45) is 0 Å². The molecule has 1 aliphatic rings. The molecule has 1 aliphatic heterocycles. The first-order valence-electron chi connectivity index (χ1n) is 9.47. The van der Waals surface area contributed by atoms with Gasteiger partial charge >= 0.3 is 5.69 Å². The number of aromatic amines is 1. The lowest BCUT2D eigenvalue weighted by Gasteiger charge is -2.31. The van der Waals surface area contributed by atoms with Crippen molar-refractivity contribution in [3.8, 4) is 5.69 Å². The summed E-state index contributed by atoms with van der Waals surface area (Å²) in [5, 5.41) is 5.00. The molecule has 150 valence electrons. The molecule has 1 atom stereocenters. The Hall–Kier alpha value is -2.93. The highest BCUT2D eigenvalue weighted by molar-refractivity contribution is 6.30.